The lowest BCUT2D eigenvalue weighted by atomic mass is 10.1. The summed E-state index contributed by atoms with van der Waals surface area (Å²) in [7, 11) is -2.20. The summed E-state index contributed by atoms with van der Waals surface area (Å²) in [6, 6.07) is 20.1. The van der Waals surface area contributed by atoms with Crippen LogP contribution in [0, 0.1) is 18.8 Å². The highest BCUT2D eigenvalue weighted by Crippen LogP contribution is 2.24. The maximum atomic E-state index is 12.9. The third-order valence-electron chi connectivity index (χ3n) is 4.27. The smallest absolute Gasteiger partial charge is 0.241 e. The Labute approximate surface area is 176 Å². The summed E-state index contributed by atoms with van der Waals surface area (Å²) in [6.07, 6.45) is 0. The number of methoxy groups -OCH3 is 1. The Morgan fingerprint density at radius 2 is 1.62 bits per heavy atom. The first kappa shape index (κ1) is 20.9. The monoisotopic (exact) mass is 425 g/mol. The Balaban J connectivity index is 1.97. The summed E-state index contributed by atoms with van der Waals surface area (Å²) in [5.74, 6) is 6.74. The van der Waals surface area contributed by atoms with Gasteiger partial charge in [0.05, 0.1) is 12.0 Å². The molecule has 0 bridgehead atoms. The van der Waals surface area contributed by atoms with Crippen molar-refractivity contribution in [3.63, 3.8) is 0 Å². The van der Waals surface area contributed by atoms with Crippen molar-refractivity contribution in [2.75, 3.05) is 7.11 Å². The summed E-state index contributed by atoms with van der Waals surface area (Å²) in [5, 5.41) is 0.438. The van der Waals surface area contributed by atoms with Gasteiger partial charge in [0.2, 0.25) is 10.0 Å². The summed E-state index contributed by atoms with van der Waals surface area (Å²) in [6.45, 7) is 1.90. The lowest BCUT2D eigenvalue weighted by Crippen LogP contribution is -2.28. The van der Waals surface area contributed by atoms with Gasteiger partial charge in [-0.05, 0) is 49.4 Å². The van der Waals surface area contributed by atoms with Gasteiger partial charge >= 0.3 is 0 Å². The molecule has 0 aliphatic heterocycles. The first-order valence-electron chi connectivity index (χ1n) is 8.88. The molecule has 0 heterocycles. The minimum atomic E-state index is -3.79. The zero-order valence-corrected chi connectivity index (χ0v) is 17.6. The zero-order chi connectivity index (χ0) is 20.9. The van der Waals surface area contributed by atoms with Gasteiger partial charge in [0, 0.05) is 16.1 Å². The fourth-order valence-corrected chi connectivity index (χ4v) is 4.02. The van der Waals surface area contributed by atoms with Crippen LogP contribution in [0.3, 0.4) is 0 Å². The van der Waals surface area contributed by atoms with Gasteiger partial charge in [0.25, 0.3) is 0 Å². The van der Waals surface area contributed by atoms with E-state index < -0.39 is 16.1 Å². The van der Waals surface area contributed by atoms with Gasteiger partial charge in [-0.25, -0.2) is 8.42 Å². The molecular formula is C23H20ClNO3S. The van der Waals surface area contributed by atoms with Crippen molar-refractivity contribution in [2.45, 2.75) is 17.9 Å². The predicted octanol–water partition coefficient (Wildman–Crippen LogP) is 4.73. The molecule has 3 rings (SSSR count). The molecule has 0 radical (unpaired) electrons. The van der Waals surface area contributed by atoms with E-state index in [4.69, 9.17) is 16.3 Å². The van der Waals surface area contributed by atoms with Gasteiger partial charge in [-0.3, -0.25) is 0 Å². The maximum absolute atomic E-state index is 12.9. The van der Waals surface area contributed by atoms with E-state index in [1.54, 1.807) is 67.8 Å². The van der Waals surface area contributed by atoms with E-state index >= 15 is 0 Å². The third kappa shape index (κ3) is 5.39. The summed E-state index contributed by atoms with van der Waals surface area (Å²) in [5.41, 5.74) is 2.30. The number of aryl methyl sites for hydroxylation is 1. The number of sulfonamides is 1. The molecule has 0 aliphatic rings. The van der Waals surface area contributed by atoms with Crippen molar-refractivity contribution in [1.29, 1.82) is 0 Å². The highest BCUT2D eigenvalue weighted by atomic mass is 35.5. The zero-order valence-electron chi connectivity index (χ0n) is 16.0. The molecule has 0 amide bonds. The van der Waals surface area contributed by atoms with Crippen LogP contribution in [0.1, 0.15) is 22.7 Å². The minimum Gasteiger partial charge on any atom is -0.497 e. The van der Waals surface area contributed by atoms with Gasteiger partial charge in [0.15, 0.2) is 0 Å². The minimum absolute atomic E-state index is 0.173. The molecule has 0 fully saturated rings. The molecule has 3 aromatic rings. The fourth-order valence-electron chi connectivity index (χ4n) is 2.65. The topological polar surface area (TPSA) is 55.4 Å². The number of benzene rings is 3. The van der Waals surface area contributed by atoms with E-state index in [9.17, 15) is 8.42 Å². The van der Waals surface area contributed by atoms with Gasteiger partial charge in [-0.15, -0.1) is 0 Å². The van der Waals surface area contributed by atoms with Crippen molar-refractivity contribution >= 4 is 21.6 Å². The maximum Gasteiger partial charge on any atom is 0.241 e. The van der Waals surface area contributed by atoms with Crippen molar-refractivity contribution in [3.05, 3.63) is 94.5 Å². The molecule has 1 unspecified atom stereocenters. The molecular weight excluding hydrogens is 406 g/mol. The van der Waals surface area contributed by atoms with Crippen molar-refractivity contribution in [3.8, 4) is 17.6 Å². The van der Waals surface area contributed by atoms with Crippen LogP contribution in [-0.4, -0.2) is 15.5 Å². The average molecular weight is 426 g/mol. The summed E-state index contributed by atoms with van der Waals surface area (Å²) in [4.78, 5) is 0.173. The molecule has 1 N–H and O–H groups in total. The highest BCUT2D eigenvalue weighted by Gasteiger charge is 2.21. The van der Waals surface area contributed by atoms with E-state index in [0.29, 0.717) is 10.6 Å². The summed E-state index contributed by atoms with van der Waals surface area (Å²) >= 11 is 6.32. The number of ether oxygens (including phenoxy) is 1. The molecule has 3 aromatic carbocycles. The Bertz CT molecular complexity index is 1150. The molecule has 0 aliphatic carbocycles. The molecule has 0 saturated heterocycles. The lowest BCUT2D eigenvalue weighted by molar-refractivity contribution is 0.415. The van der Waals surface area contributed by atoms with Crippen molar-refractivity contribution < 1.29 is 13.2 Å². The Morgan fingerprint density at radius 3 is 2.24 bits per heavy atom. The molecule has 148 valence electrons. The molecule has 0 spiro atoms. The van der Waals surface area contributed by atoms with E-state index in [2.05, 4.69) is 16.6 Å². The van der Waals surface area contributed by atoms with Gasteiger partial charge in [0.1, 0.15) is 11.8 Å². The SMILES string of the molecule is COc1ccc(C#CC(NS(=O)(=O)c2ccc(C)cc2)c2ccccc2Cl)cc1. The van der Waals surface area contributed by atoms with E-state index in [-0.39, 0.29) is 4.90 Å². The highest BCUT2D eigenvalue weighted by molar-refractivity contribution is 7.89. The first-order chi connectivity index (χ1) is 13.9. The largest absolute Gasteiger partial charge is 0.497 e. The number of halogens is 1. The van der Waals surface area contributed by atoms with Crippen LogP contribution in [-0.2, 0) is 10.0 Å². The molecule has 0 saturated carbocycles. The van der Waals surface area contributed by atoms with Crippen LogP contribution in [0.5, 0.6) is 5.75 Å². The van der Waals surface area contributed by atoms with Gasteiger partial charge in [-0.2, -0.15) is 4.72 Å². The van der Waals surface area contributed by atoms with Crippen LogP contribution in [0.15, 0.2) is 77.7 Å². The Morgan fingerprint density at radius 1 is 0.966 bits per heavy atom. The molecule has 4 nitrogen and oxygen atoms in total. The number of nitrogens with one attached hydrogen (secondary N) is 1. The summed E-state index contributed by atoms with van der Waals surface area (Å²) < 4.78 is 33.6. The molecule has 1 atom stereocenters. The normalized spacial score (nSPS) is 12.0. The standard InChI is InChI=1S/C23H20ClNO3S/c1-17-7-14-20(15-8-17)29(26,27)25-23(21-5-3-4-6-22(21)24)16-11-18-9-12-19(28-2)13-10-18/h3-10,12-15,23,25H,1-2H3. The van der Waals surface area contributed by atoms with Crippen LogP contribution >= 0.6 is 11.6 Å². The quantitative estimate of drug-likeness (QED) is 0.601. The van der Waals surface area contributed by atoms with Crippen molar-refractivity contribution in [1.82, 2.24) is 4.72 Å². The van der Waals surface area contributed by atoms with Crippen molar-refractivity contribution in [2.24, 2.45) is 0 Å². The van der Waals surface area contributed by atoms with E-state index in [0.717, 1.165) is 16.9 Å². The van der Waals surface area contributed by atoms with Crippen LogP contribution < -0.4 is 9.46 Å². The van der Waals surface area contributed by atoms with Crippen LogP contribution in [0.2, 0.25) is 5.02 Å². The Kier molecular flexibility index (Phi) is 6.60. The van der Waals surface area contributed by atoms with Gasteiger partial charge < -0.3 is 4.74 Å². The van der Waals surface area contributed by atoms with Gasteiger partial charge in [-0.1, -0.05) is 59.3 Å². The average Bonchev–Trinajstić information content (AvgIpc) is 2.72. The fraction of sp³-hybridized carbons (Fsp3) is 0.130. The number of hydrogen-bond donors (Lipinski definition) is 1. The van der Waals surface area contributed by atoms with Crippen LogP contribution in [0.4, 0.5) is 0 Å². The third-order valence-corrected chi connectivity index (χ3v) is 6.05. The van der Waals surface area contributed by atoms with E-state index in [1.165, 1.54) is 0 Å². The second-order valence-electron chi connectivity index (χ2n) is 6.39. The molecule has 6 heteroatoms. The second-order valence-corrected chi connectivity index (χ2v) is 8.51. The Hall–Kier alpha value is -2.78. The van der Waals surface area contributed by atoms with Crippen LogP contribution in [0.25, 0.3) is 0 Å². The van der Waals surface area contributed by atoms with E-state index in [1.807, 2.05) is 19.1 Å². The predicted molar refractivity (Wildman–Crippen MR) is 116 cm³/mol. The second kappa shape index (κ2) is 9.15. The number of rotatable bonds is 5. The first-order valence-corrected chi connectivity index (χ1v) is 10.7. The molecule has 29 heavy (non-hydrogen) atoms. The lowest BCUT2D eigenvalue weighted by Gasteiger charge is -2.15. The number of hydrogen-bond acceptors (Lipinski definition) is 3. The molecule has 0 aromatic heterocycles.